The van der Waals surface area contributed by atoms with Crippen molar-refractivity contribution in [1.29, 1.82) is 0 Å². The van der Waals surface area contributed by atoms with Crippen LogP contribution in [-0.2, 0) is 0 Å². The first-order chi connectivity index (χ1) is 10.4. The van der Waals surface area contributed by atoms with E-state index in [2.05, 4.69) is 39.5 Å². The summed E-state index contributed by atoms with van der Waals surface area (Å²) >= 11 is 0. The molecule has 0 aliphatic carbocycles. The maximum atomic E-state index is 4.23. The smallest absolute Gasteiger partial charge is 0.0950 e. The Kier molecular flexibility index (Phi) is 4.65. The second kappa shape index (κ2) is 6.85. The molecule has 1 aliphatic heterocycles. The van der Waals surface area contributed by atoms with Crippen LogP contribution < -0.4 is 10.2 Å². The zero-order valence-electron chi connectivity index (χ0n) is 12.8. The van der Waals surface area contributed by atoms with E-state index in [0.29, 0.717) is 0 Å². The Morgan fingerprint density at radius 2 is 2.24 bits per heavy atom. The van der Waals surface area contributed by atoms with Crippen molar-refractivity contribution in [2.75, 3.05) is 31.1 Å². The van der Waals surface area contributed by atoms with E-state index in [1.165, 1.54) is 30.3 Å². The molecule has 0 bridgehead atoms. The van der Waals surface area contributed by atoms with Crippen molar-refractivity contribution in [1.82, 2.24) is 15.5 Å². The Morgan fingerprint density at radius 1 is 1.33 bits per heavy atom. The molecule has 2 aromatic rings. The summed E-state index contributed by atoms with van der Waals surface area (Å²) in [6, 6.07) is 8.29. The minimum atomic E-state index is 0.734. The second-order valence-corrected chi connectivity index (χ2v) is 5.91. The molecular formula is C17H24N4. The van der Waals surface area contributed by atoms with E-state index in [4.69, 9.17) is 0 Å². The fraction of sp³-hybridized carbons (Fsp3) is 0.529. The second-order valence-electron chi connectivity index (χ2n) is 5.91. The Morgan fingerprint density at radius 3 is 3.14 bits per heavy atom. The standard InChI is InChI=1S/C17H24N4/c1-2-9-18-11-14-6-5-10-21(13-14)17-12-19-20-16-8-4-3-7-15(16)17/h3-4,7-8,12,14,18H,2,5-6,9-11,13H2,1H3. The van der Waals surface area contributed by atoms with Gasteiger partial charge in [-0.3, -0.25) is 0 Å². The Balaban J connectivity index is 1.75. The van der Waals surface area contributed by atoms with Gasteiger partial charge in [0.15, 0.2) is 0 Å². The van der Waals surface area contributed by atoms with E-state index in [-0.39, 0.29) is 0 Å². The molecule has 4 heteroatoms. The number of hydrogen-bond acceptors (Lipinski definition) is 4. The average molecular weight is 284 g/mol. The van der Waals surface area contributed by atoms with Gasteiger partial charge in [-0.2, -0.15) is 10.2 Å². The number of piperidine rings is 1. The largest absolute Gasteiger partial charge is 0.369 e. The lowest BCUT2D eigenvalue weighted by atomic mass is 9.97. The number of rotatable bonds is 5. The van der Waals surface area contributed by atoms with Gasteiger partial charge in [0.25, 0.3) is 0 Å². The first kappa shape index (κ1) is 14.3. The van der Waals surface area contributed by atoms with E-state index >= 15 is 0 Å². The van der Waals surface area contributed by atoms with Crippen LogP contribution in [0.4, 0.5) is 5.69 Å². The lowest BCUT2D eigenvalue weighted by Gasteiger charge is -2.34. The van der Waals surface area contributed by atoms with Crippen LogP contribution in [0.5, 0.6) is 0 Å². The summed E-state index contributed by atoms with van der Waals surface area (Å²) in [6.07, 6.45) is 5.71. The molecule has 1 aromatic carbocycles. The number of nitrogens with zero attached hydrogens (tertiary/aromatic N) is 3. The van der Waals surface area contributed by atoms with Crippen LogP contribution in [0.3, 0.4) is 0 Å². The van der Waals surface area contributed by atoms with Crippen molar-refractivity contribution < 1.29 is 0 Å². The van der Waals surface area contributed by atoms with Crippen molar-refractivity contribution in [3.05, 3.63) is 30.5 Å². The van der Waals surface area contributed by atoms with Gasteiger partial charge in [-0.25, -0.2) is 0 Å². The quantitative estimate of drug-likeness (QED) is 0.857. The first-order valence-electron chi connectivity index (χ1n) is 8.04. The SMILES string of the molecule is CCCNCC1CCCN(c2cnnc3ccccc23)C1. The number of aromatic nitrogens is 2. The van der Waals surface area contributed by atoms with Crippen molar-refractivity contribution in [3.8, 4) is 0 Å². The molecule has 112 valence electrons. The maximum Gasteiger partial charge on any atom is 0.0950 e. The summed E-state index contributed by atoms with van der Waals surface area (Å²) in [5, 5.41) is 13.2. The van der Waals surface area contributed by atoms with Gasteiger partial charge in [0.1, 0.15) is 0 Å². The number of anilines is 1. The van der Waals surface area contributed by atoms with Crippen molar-refractivity contribution in [3.63, 3.8) is 0 Å². The van der Waals surface area contributed by atoms with Crippen LogP contribution in [0.2, 0.25) is 0 Å². The summed E-state index contributed by atoms with van der Waals surface area (Å²) in [7, 11) is 0. The highest BCUT2D eigenvalue weighted by Crippen LogP contribution is 2.28. The molecular weight excluding hydrogens is 260 g/mol. The van der Waals surface area contributed by atoms with Gasteiger partial charge in [0.05, 0.1) is 17.4 Å². The van der Waals surface area contributed by atoms with Gasteiger partial charge in [0, 0.05) is 18.5 Å². The highest BCUT2D eigenvalue weighted by atomic mass is 15.2. The fourth-order valence-corrected chi connectivity index (χ4v) is 3.18. The molecule has 2 heterocycles. The molecule has 0 radical (unpaired) electrons. The van der Waals surface area contributed by atoms with Crippen LogP contribution in [0, 0.1) is 5.92 Å². The van der Waals surface area contributed by atoms with Crippen molar-refractivity contribution >= 4 is 16.6 Å². The van der Waals surface area contributed by atoms with E-state index in [1.54, 1.807) is 0 Å². The van der Waals surface area contributed by atoms with Crippen LogP contribution in [-0.4, -0.2) is 36.4 Å². The fourth-order valence-electron chi connectivity index (χ4n) is 3.18. The third kappa shape index (κ3) is 3.32. The third-order valence-corrected chi connectivity index (χ3v) is 4.24. The van der Waals surface area contributed by atoms with Crippen molar-refractivity contribution in [2.45, 2.75) is 26.2 Å². The maximum absolute atomic E-state index is 4.23. The van der Waals surface area contributed by atoms with Gasteiger partial charge in [0.2, 0.25) is 0 Å². The molecule has 4 nitrogen and oxygen atoms in total. The highest BCUT2D eigenvalue weighted by Gasteiger charge is 2.21. The molecule has 1 N–H and O–H groups in total. The molecule has 1 saturated heterocycles. The predicted molar refractivity (Wildman–Crippen MR) is 87.6 cm³/mol. The van der Waals surface area contributed by atoms with Crippen LogP contribution in [0.15, 0.2) is 30.5 Å². The van der Waals surface area contributed by atoms with E-state index in [0.717, 1.165) is 37.6 Å². The summed E-state index contributed by atoms with van der Waals surface area (Å²) in [6.45, 7) is 6.71. The minimum absolute atomic E-state index is 0.734. The number of benzene rings is 1. The topological polar surface area (TPSA) is 41.0 Å². The van der Waals surface area contributed by atoms with E-state index in [1.807, 2.05) is 18.3 Å². The predicted octanol–water partition coefficient (Wildman–Crippen LogP) is 2.85. The van der Waals surface area contributed by atoms with Crippen molar-refractivity contribution in [2.24, 2.45) is 5.92 Å². The summed E-state index contributed by atoms with van der Waals surface area (Å²) in [5.41, 5.74) is 2.22. The molecule has 1 unspecified atom stereocenters. The lowest BCUT2D eigenvalue weighted by molar-refractivity contribution is 0.393. The minimum Gasteiger partial charge on any atom is -0.369 e. The first-order valence-corrected chi connectivity index (χ1v) is 8.04. The molecule has 1 atom stereocenters. The Labute approximate surface area is 126 Å². The molecule has 1 aromatic heterocycles. The normalized spacial score (nSPS) is 19.1. The molecule has 0 amide bonds. The molecule has 0 spiro atoms. The zero-order valence-corrected chi connectivity index (χ0v) is 12.8. The van der Waals surface area contributed by atoms with Gasteiger partial charge in [-0.15, -0.1) is 0 Å². The molecule has 21 heavy (non-hydrogen) atoms. The molecule has 3 rings (SSSR count). The molecule has 1 fully saturated rings. The summed E-state index contributed by atoms with van der Waals surface area (Å²) in [5.74, 6) is 0.734. The number of nitrogens with one attached hydrogen (secondary N) is 1. The Hall–Kier alpha value is -1.68. The highest BCUT2D eigenvalue weighted by molar-refractivity contribution is 5.90. The lowest BCUT2D eigenvalue weighted by Crippen LogP contribution is -2.40. The van der Waals surface area contributed by atoms with Crippen LogP contribution in [0.1, 0.15) is 26.2 Å². The van der Waals surface area contributed by atoms with Crippen LogP contribution >= 0.6 is 0 Å². The zero-order chi connectivity index (χ0) is 14.5. The summed E-state index contributed by atoms with van der Waals surface area (Å²) < 4.78 is 0. The van der Waals surface area contributed by atoms with Gasteiger partial charge in [-0.05, 0) is 44.3 Å². The summed E-state index contributed by atoms with van der Waals surface area (Å²) in [4.78, 5) is 2.48. The van der Waals surface area contributed by atoms with E-state index < -0.39 is 0 Å². The third-order valence-electron chi connectivity index (χ3n) is 4.24. The van der Waals surface area contributed by atoms with Crippen LogP contribution in [0.25, 0.3) is 10.9 Å². The van der Waals surface area contributed by atoms with E-state index in [9.17, 15) is 0 Å². The van der Waals surface area contributed by atoms with Gasteiger partial charge < -0.3 is 10.2 Å². The monoisotopic (exact) mass is 284 g/mol. The number of hydrogen-bond donors (Lipinski definition) is 1. The van der Waals surface area contributed by atoms with Gasteiger partial charge >= 0.3 is 0 Å². The average Bonchev–Trinajstić information content (AvgIpc) is 2.55. The molecule has 1 aliphatic rings. The van der Waals surface area contributed by atoms with Gasteiger partial charge in [-0.1, -0.05) is 25.1 Å². The Bertz CT molecular complexity index is 579. The molecule has 0 saturated carbocycles. The number of fused-ring (bicyclic) bond motifs is 1.